The normalized spacial score (nSPS) is 26.7. The van der Waals surface area contributed by atoms with Crippen LogP contribution in [0.2, 0.25) is 25.2 Å². The number of carbonyl (C=O) groups excluding carboxylic acids is 1. The van der Waals surface area contributed by atoms with E-state index in [9.17, 15) is 4.79 Å². The quantitative estimate of drug-likeness (QED) is 0.570. The average molecular weight is 157 g/mol. The molecular formula is C7H15NOSi. The van der Waals surface area contributed by atoms with Gasteiger partial charge in [-0.2, -0.15) is 0 Å². The van der Waals surface area contributed by atoms with Gasteiger partial charge < -0.3 is 5.32 Å². The minimum Gasteiger partial charge on any atom is -0.356 e. The van der Waals surface area contributed by atoms with Crippen LogP contribution < -0.4 is 5.32 Å². The van der Waals surface area contributed by atoms with Gasteiger partial charge in [-0.05, 0) is 6.42 Å². The molecule has 1 rings (SSSR count). The highest BCUT2D eigenvalue weighted by Gasteiger charge is 2.35. The van der Waals surface area contributed by atoms with Gasteiger partial charge in [-0.1, -0.05) is 19.6 Å². The molecule has 10 heavy (non-hydrogen) atoms. The third kappa shape index (κ3) is 1.40. The van der Waals surface area contributed by atoms with E-state index in [0.717, 1.165) is 13.0 Å². The van der Waals surface area contributed by atoms with E-state index >= 15 is 0 Å². The number of hydrogen-bond donors (Lipinski definition) is 1. The molecule has 0 saturated carbocycles. The second kappa shape index (κ2) is 2.38. The SMILES string of the molecule is C[Si](C)(C)[C@@H]1CCNC1=O. The molecular weight excluding hydrogens is 142 g/mol. The van der Waals surface area contributed by atoms with Crippen molar-refractivity contribution in [2.45, 2.75) is 31.6 Å². The summed E-state index contributed by atoms with van der Waals surface area (Å²) in [6.07, 6.45) is 1.06. The molecule has 0 aromatic heterocycles. The Morgan fingerprint density at radius 1 is 1.50 bits per heavy atom. The van der Waals surface area contributed by atoms with Gasteiger partial charge in [0, 0.05) is 12.1 Å². The van der Waals surface area contributed by atoms with Crippen LogP contribution in [0.4, 0.5) is 0 Å². The van der Waals surface area contributed by atoms with Crippen molar-refractivity contribution in [2.75, 3.05) is 6.54 Å². The molecule has 1 fully saturated rings. The van der Waals surface area contributed by atoms with E-state index in [1.54, 1.807) is 0 Å². The van der Waals surface area contributed by atoms with E-state index in [1.807, 2.05) is 0 Å². The summed E-state index contributed by atoms with van der Waals surface area (Å²) in [5.41, 5.74) is 0.368. The highest BCUT2D eigenvalue weighted by atomic mass is 28.3. The summed E-state index contributed by atoms with van der Waals surface area (Å²) in [5.74, 6) is 0.291. The molecule has 0 aromatic rings. The number of amides is 1. The summed E-state index contributed by atoms with van der Waals surface area (Å²) < 4.78 is 0. The van der Waals surface area contributed by atoms with Crippen LogP contribution in [0.15, 0.2) is 0 Å². The maximum absolute atomic E-state index is 11.1. The number of nitrogens with one attached hydrogen (secondary N) is 1. The number of rotatable bonds is 1. The second-order valence-corrected chi connectivity index (χ2v) is 9.43. The maximum Gasteiger partial charge on any atom is 0.220 e. The van der Waals surface area contributed by atoms with E-state index in [-0.39, 0.29) is 0 Å². The second-order valence-electron chi connectivity index (χ2n) is 4.00. The fraction of sp³-hybridized carbons (Fsp3) is 0.857. The zero-order chi connectivity index (χ0) is 7.78. The lowest BCUT2D eigenvalue weighted by Gasteiger charge is -2.21. The molecule has 0 aromatic carbocycles. The van der Waals surface area contributed by atoms with Crippen LogP contribution >= 0.6 is 0 Å². The van der Waals surface area contributed by atoms with Gasteiger partial charge in [0.2, 0.25) is 5.91 Å². The fourth-order valence-corrected chi connectivity index (χ4v) is 3.32. The van der Waals surface area contributed by atoms with Gasteiger partial charge in [-0.15, -0.1) is 0 Å². The molecule has 1 aliphatic heterocycles. The van der Waals surface area contributed by atoms with Gasteiger partial charge in [0.05, 0.1) is 8.07 Å². The Hall–Kier alpha value is -0.313. The van der Waals surface area contributed by atoms with Crippen LogP contribution in [0, 0.1) is 0 Å². The van der Waals surface area contributed by atoms with Gasteiger partial charge >= 0.3 is 0 Å². The molecule has 0 spiro atoms. The van der Waals surface area contributed by atoms with Crippen LogP contribution in [0.1, 0.15) is 6.42 Å². The number of hydrogen-bond acceptors (Lipinski definition) is 1. The molecule has 1 N–H and O–H groups in total. The Morgan fingerprint density at radius 2 is 2.10 bits per heavy atom. The van der Waals surface area contributed by atoms with Gasteiger partial charge in [0.15, 0.2) is 0 Å². The monoisotopic (exact) mass is 157 g/mol. The molecule has 58 valence electrons. The summed E-state index contributed by atoms with van der Waals surface area (Å²) in [5, 5.41) is 2.87. The highest BCUT2D eigenvalue weighted by molar-refractivity contribution is 6.80. The number of carbonyl (C=O) groups is 1. The Morgan fingerprint density at radius 3 is 2.30 bits per heavy atom. The Kier molecular flexibility index (Phi) is 1.85. The van der Waals surface area contributed by atoms with Crippen molar-refractivity contribution in [3.8, 4) is 0 Å². The van der Waals surface area contributed by atoms with Gasteiger partial charge in [-0.3, -0.25) is 4.79 Å². The van der Waals surface area contributed by atoms with E-state index in [2.05, 4.69) is 25.0 Å². The molecule has 3 heteroatoms. The van der Waals surface area contributed by atoms with Crippen molar-refractivity contribution in [2.24, 2.45) is 0 Å². The first-order valence-corrected chi connectivity index (χ1v) is 7.37. The lowest BCUT2D eigenvalue weighted by Crippen LogP contribution is -2.33. The standard InChI is InChI=1S/C7H15NOSi/c1-10(2,3)6-4-5-8-7(6)9/h6H,4-5H2,1-3H3,(H,8,9)/t6-/m1/s1. The summed E-state index contributed by atoms with van der Waals surface area (Å²) in [4.78, 5) is 11.1. The van der Waals surface area contributed by atoms with Crippen molar-refractivity contribution in [1.82, 2.24) is 5.32 Å². The van der Waals surface area contributed by atoms with Crippen LogP contribution in [-0.4, -0.2) is 20.5 Å². The van der Waals surface area contributed by atoms with Gasteiger partial charge in [0.1, 0.15) is 0 Å². The molecule has 0 aliphatic carbocycles. The largest absolute Gasteiger partial charge is 0.356 e. The van der Waals surface area contributed by atoms with Gasteiger partial charge in [-0.25, -0.2) is 0 Å². The minimum absolute atomic E-state index is 0.291. The zero-order valence-corrected chi connectivity index (χ0v) is 7.90. The summed E-state index contributed by atoms with van der Waals surface area (Å²) in [7, 11) is -1.20. The van der Waals surface area contributed by atoms with Crippen molar-refractivity contribution >= 4 is 14.0 Å². The van der Waals surface area contributed by atoms with Crippen molar-refractivity contribution in [3.05, 3.63) is 0 Å². The Balaban J connectivity index is 2.64. The predicted octanol–water partition coefficient (Wildman–Crippen LogP) is 1.21. The molecule has 1 aliphatic rings. The first-order chi connectivity index (χ1) is 4.52. The summed E-state index contributed by atoms with van der Waals surface area (Å²) >= 11 is 0. The molecule has 1 amide bonds. The first kappa shape index (κ1) is 7.79. The predicted molar refractivity (Wildman–Crippen MR) is 44.7 cm³/mol. The molecule has 1 heterocycles. The topological polar surface area (TPSA) is 29.1 Å². The van der Waals surface area contributed by atoms with Crippen molar-refractivity contribution < 1.29 is 4.79 Å². The van der Waals surface area contributed by atoms with E-state index in [0.29, 0.717) is 11.4 Å². The molecule has 1 saturated heterocycles. The fourth-order valence-electron chi connectivity index (χ4n) is 1.42. The average Bonchev–Trinajstić information content (AvgIpc) is 2.11. The molecule has 1 atom stereocenters. The Labute approximate surface area is 63.0 Å². The van der Waals surface area contributed by atoms with Gasteiger partial charge in [0.25, 0.3) is 0 Å². The van der Waals surface area contributed by atoms with E-state index in [4.69, 9.17) is 0 Å². The maximum atomic E-state index is 11.1. The molecule has 0 bridgehead atoms. The lowest BCUT2D eigenvalue weighted by atomic mass is 10.4. The molecule has 0 unspecified atom stereocenters. The van der Waals surface area contributed by atoms with Crippen molar-refractivity contribution in [1.29, 1.82) is 0 Å². The third-order valence-electron chi connectivity index (χ3n) is 2.09. The van der Waals surface area contributed by atoms with E-state index in [1.165, 1.54) is 0 Å². The Bertz CT molecular complexity index is 150. The van der Waals surface area contributed by atoms with Crippen molar-refractivity contribution in [3.63, 3.8) is 0 Å². The summed E-state index contributed by atoms with van der Waals surface area (Å²) in [6, 6.07) is 0. The van der Waals surface area contributed by atoms with E-state index < -0.39 is 8.07 Å². The highest BCUT2D eigenvalue weighted by Crippen LogP contribution is 2.28. The third-order valence-corrected chi connectivity index (χ3v) is 4.74. The van der Waals surface area contributed by atoms with Crippen LogP contribution in [0.25, 0.3) is 0 Å². The summed E-state index contributed by atoms with van der Waals surface area (Å²) in [6.45, 7) is 7.65. The molecule has 0 radical (unpaired) electrons. The van der Waals surface area contributed by atoms with Crippen LogP contribution in [-0.2, 0) is 4.79 Å². The minimum atomic E-state index is -1.20. The molecule has 2 nitrogen and oxygen atoms in total. The first-order valence-electron chi connectivity index (χ1n) is 3.79. The van der Waals surface area contributed by atoms with Crippen LogP contribution in [0.3, 0.4) is 0 Å². The lowest BCUT2D eigenvalue weighted by molar-refractivity contribution is -0.119. The van der Waals surface area contributed by atoms with Crippen LogP contribution in [0.5, 0.6) is 0 Å². The zero-order valence-electron chi connectivity index (χ0n) is 6.90. The smallest absolute Gasteiger partial charge is 0.220 e.